The molecule has 1 nitrogen and oxygen atoms in total. The normalized spacial score (nSPS) is 7.82. The van der Waals surface area contributed by atoms with Gasteiger partial charge in [-0.05, 0) is 6.54 Å². The van der Waals surface area contributed by atoms with E-state index < -0.39 is 0 Å². The zero-order valence-electron chi connectivity index (χ0n) is 5.98. The standard InChI is InChI=1S/C7H7FN.BrH.Mg/c8-7-3-1-6(5-9)2-4-7;;/h1,3-4H,5,9H2;1H;/q-1;;+2/p-1. The van der Waals surface area contributed by atoms with E-state index in [1.807, 2.05) is 0 Å². The molecule has 0 atom stereocenters. The number of rotatable bonds is 1. The van der Waals surface area contributed by atoms with Crippen molar-refractivity contribution in [3.63, 3.8) is 0 Å². The van der Waals surface area contributed by atoms with E-state index in [-0.39, 0.29) is 45.9 Å². The van der Waals surface area contributed by atoms with Gasteiger partial charge in [-0.15, -0.1) is 17.7 Å². The molecule has 0 aliphatic carbocycles. The third-order valence-corrected chi connectivity index (χ3v) is 1.06. The molecule has 0 fully saturated rings. The second-order valence-electron chi connectivity index (χ2n) is 1.74. The predicted octanol–water partition coefficient (Wildman–Crippen LogP) is -2.29. The van der Waals surface area contributed by atoms with Crippen LogP contribution in [0.1, 0.15) is 5.56 Å². The van der Waals surface area contributed by atoms with Crippen molar-refractivity contribution in [3.05, 3.63) is 35.6 Å². The monoisotopic (exact) mass is 227 g/mol. The Balaban J connectivity index is 0. The minimum absolute atomic E-state index is 0. The summed E-state index contributed by atoms with van der Waals surface area (Å²) in [4.78, 5) is 0. The summed E-state index contributed by atoms with van der Waals surface area (Å²) in [5.41, 5.74) is 6.08. The molecule has 0 bridgehead atoms. The molecule has 11 heavy (non-hydrogen) atoms. The molecule has 0 heterocycles. The van der Waals surface area contributed by atoms with Gasteiger partial charge in [-0.25, -0.2) is 0 Å². The van der Waals surface area contributed by atoms with Crippen molar-refractivity contribution in [2.75, 3.05) is 0 Å². The van der Waals surface area contributed by atoms with E-state index in [1.165, 1.54) is 12.1 Å². The Hall–Kier alpha value is 0.356. The van der Waals surface area contributed by atoms with Crippen LogP contribution in [0.5, 0.6) is 0 Å². The predicted molar refractivity (Wildman–Crippen MR) is 38.9 cm³/mol. The molecule has 0 saturated carbocycles. The Bertz CT molecular complexity index is 190. The first-order valence-electron chi connectivity index (χ1n) is 2.69. The van der Waals surface area contributed by atoms with Gasteiger partial charge < -0.3 is 22.7 Å². The van der Waals surface area contributed by atoms with Crippen LogP contribution in [0, 0.1) is 11.9 Å². The molecule has 0 aliphatic rings. The molecule has 56 valence electrons. The van der Waals surface area contributed by atoms with Crippen molar-refractivity contribution in [1.29, 1.82) is 0 Å². The van der Waals surface area contributed by atoms with E-state index >= 15 is 0 Å². The molecule has 4 heteroatoms. The van der Waals surface area contributed by atoms with E-state index in [4.69, 9.17) is 5.73 Å². The topological polar surface area (TPSA) is 26.0 Å². The van der Waals surface area contributed by atoms with Gasteiger partial charge in [0, 0.05) is 5.82 Å². The Kier molecular flexibility index (Phi) is 8.89. The largest absolute Gasteiger partial charge is 2.00 e. The first-order valence-corrected chi connectivity index (χ1v) is 2.69. The van der Waals surface area contributed by atoms with Crippen LogP contribution in [0.4, 0.5) is 4.39 Å². The number of benzene rings is 1. The summed E-state index contributed by atoms with van der Waals surface area (Å²) >= 11 is 0. The average molecular weight is 228 g/mol. The molecule has 0 aromatic heterocycles. The van der Waals surface area contributed by atoms with E-state index in [1.54, 1.807) is 6.07 Å². The van der Waals surface area contributed by atoms with Crippen molar-refractivity contribution in [2.45, 2.75) is 6.54 Å². The van der Waals surface area contributed by atoms with Crippen LogP contribution in [-0.4, -0.2) is 23.1 Å². The molecule has 0 saturated heterocycles. The third kappa shape index (κ3) is 4.74. The van der Waals surface area contributed by atoms with E-state index in [0.29, 0.717) is 6.54 Å². The third-order valence-electron chi connectivity index (χ3n) is 1.06. The summed E-state index contributed by atoms with van der Waals surface area (Å²) in [7, 11) is 0. The van der Waals surface area contributed by atoms with E-state index in [0.717, 1.165) is 5.56 Å². The van der Waals surface area contributed by atoms with Crippen LogP contribution in [0.25, 0.3) is 0 Å². The summed E-state index contributed by atoms with van der Waals surface area (Å²) in [5, 5.41) is 0. The Morgan fingerprint density at radius 1 is 1.45 bits per heavy atom. The molecule has 1 rings (SSSR count). The summed E-state index contributed by atoms with van der Waals surface area (Å²) in [6.07, 6.45) is 0. The molecule has 0 spiro atoms. The maximum absolute atomic E-state index is 12.2. The molecular formula is C7H7BrFMgN. The van der Waals surface area contributed by atoms with Gasteiger partial charge in [0.2, 0.25) is 0 Å². The Morgan fingerprint density at radius 3 is 2.45 bits per heavy atom. The van der Waals surface area contributed by atoms with Crippen molar-refractivity contribution in [3.8, 4) is 0 Å². The second-order valence-corrected chi connectivity index (χ2v) is 1.74. The van der Waals surface area contributed by atoms with Gasteiger partial charge in [-0.3, -0.25) is 4.39 Å². The fourth-order valence-electron chi connectivity index (χ4n) is 0.565. The SMILES string of the molecule is NCc1[c-]cc(F)cc1.[Br-].[Mg+2]. The Morgan fingerprint density at radius 2 is 2.09 bits per heavy atom. The molecule has 2 N–H and O–H groups in total. The van der Waals surface area contributed by atoms with Crippen molar-refractivity contribution < 1.29 is 21.4 Å². The fraction of sp³-hybridized carbons (Fsp3) is 0.143. The quantitative estimate of drug-likeness (QED) is 0.425. The second kappa shape index (κ2) is 7.03. The molecule has 0 aliphatic heterocycles. The first-order chi connectivity index (χ1) is 4.33. The van der Waals surface area contributed by atoms with Crippen molar-refractivity contribution in [1.82, 2.24) is 0 Å². The summed E-state index contributed by atoms with van der Waals surface area (Å²) in [6, 6.07) is 6.96. The van der Waals surface area contributed by atoms with E-state index in [2.05, 4.69) is 6.07 Å². The summed E-state index contributed by atoms with van der Waals surface area (Å²) in [5.74, 6) is -0.271. The number of hydrogen-bond donors (Lipinski definition) is 1. The van der Waals surface area contributed by atoms with Crippen molar-refractivity contribution in [2.24, 2.45) is 5.73 Å². The smallest absolute Gasteiger partial charge is 1.00 e. The van der Waals surface area contributed by atoms with Gasteiger partial charge in [0.25, 0.3) is 0 Å². The number of nitrogens with two attached hydrogens (primary N) is 1. The zero-order chi connectivity index (χ0) is 6.69. The summed E-state index contributed by atoms with van der Waals surface area (Å²) < 4.78 is 12.2. The van der Waals surface area contributed by atoms with Gasteiger partial charge >= 0.3 is 23.1 Å². The molecule has 0 amide bonds. The van der Waals surface area contributed by atoms with Gasteiger partial charge in [0.15, 0.2) is 0 Å². The number of halogens is 2. The first kappa shape index (κ1) is 13.9. The van der Waals surface area contributed by atoms with Gasteiger partial charge in [0.1, 0.15) is 0 Å². The molecule has 0 unspecified atom stereocenters. The summed E-state index contributed by atoms with van der Waals surface area (Å²) in [6.45, 7) is 0.417. The average Bonchev–Trinajstić information content (AvgIpc) is 1.90. The van der Waals surface area contributed by atoms with Crippen LogP contribution >= 0.6 is 0 Å². The maximum atomic E-state index is 12.2. The molecule has 1 aromatic rings. The van der Waals surface area contributed by atoms with Gasteiger partial charge in [-0.1, -0.05) is 0 Å². The van der Waals surface area contributed by atoms with Gasteiger partial charge in [0.05, 0.1) is 0 Å². The Labute approximate surface area is 92.1 Å². The molecular weight excluding hydrogens is 221 g/mol. The van der Waals surface area contributed by atoms with E-state index in [9.17, 15) is 4.39 Å². The van der Waals surface area contributed by atoms with Crippen LogP contribution in [0.2, 0.25) is 0 Å². The zero-order valence-corrected chi connectivity index (χ0v) is 8.98. The fourth-order valence-corrected chi connectivity index (χ4v) is 0.565. The molecule has 1 aromatic carbocycles. The minimum Gasteiger partial charge on any atom is -1.00 e. The van der Waals surface area contributed by atoms with Crippen LogP contribution in [0.3, 0.4) is 0 Å². The van der Waals surface area contributed by atoms with Crippen LogP contribution < -0.4 is 22.7 Å². The molecule has 0 radical (unpaired) electrons. The number of hydrogen-bond acceptors (Lipinski definition) is 1. The van der Waals surface area contributed by atoms with Crippen LogP contribution in [0.15, 0.2) is 18.2 Å². The maximum Gasteiger partial charge on any atom is 2.00 e. The minimum atomic E-state index is -0.271. The van der Waals surface area contributed by atoms with Crippen molar-refractivity contribution >= 4 is 23.1 Å². The van der Waals surface area contributed by atoms with Crippen LogP contribution in [-0.2, 0) is 6.54 Å². The van der Waals surface area contributed by atoms with Gasteiger partial charge in [-0.2, -0.15) is 12.1 Å².